The number of rotatable bonds is 1. The van der Waals surface area contributed by atoms with Crippen LogP contribution in [0.15, 0.2) is 24.3 Å². The Balaban J connectivity index is 2.43. The quantitative estimate of drug-likeness (QED) is 0.518. The highest BCUT2D eigenvalue weighted by molar-refractivity contribution is 5.15. The minimum absolute atomic E-state index is 1.25. The molecule has 0 N–H and O–H groups in total. The van der Waals surface area contributed by atoms with Gasteiger partial charge in [-0.3, -0.25) is 0 Å². The van der Waals surface area contributed by atoms with Gasteiger partial charge in [0.25, 0.3) is 0 Å². The first kappa shape index (κ1) is 7.59. The molecule has 10 heavy (non-hydrogen) atoms. The molecule has 1 aliphatic carbocycles. The maximum atomic E-state index is 3.79. The molecule has 0 aromatic heterocycles. The standard InChI is InChI=1S/C10H16/c1-2-10-8-6-4-3-5-7-9-10/h2,8H,1,3-7,9H2/b10-8-. The lowest BCUT2D eigenvalue weighted by Crippen LogP contribution is -1.86. The van der Waals surface area contributed by atoms with Crippen LogP contribution in [0.4, 0.5) is 0 Å². The number of allylic oxidation sites excluding steroid dienone is 3. The van der Waals surface area contributed by atoms with E-state index >= 15 is 0 Å². The van der Waals surface area contributed by atoms with E-state index < -0.39 is 0 Å². The first-order valence-electron chi connectivity index (χ1n) is 4.25. The van der Waals surface area contributed by atoms with Crippen LogP contribution in [0, 0.1) is 0 Å². The van der Waals surface area contributed by atoms with Crippen molar-refractivity contribution < 1.29 is 0 Å². The van der Waals surface area contributed by atoms with Gasteiger partial charge in [-0.1, -0.05) is 37.1 Å². The van der Waals surface area contributed by atoms with Gasteiger partial charge in [-0.2, -0.15) is 0 Å². The van der Waals surface area contributed by atoms with E-state index in [2.05, 4.69) is 12.7 Å². The zero-order chi connectivity index (χ0) is 7.23. The fourth-order valence-electron chi connectivity index (χ4n) is 1.40. The lowest BCUT2D eigenvalue weighted by Gasteiger charge is -2.06. The molecule has 0 nitrogen and oxygen atoms in total. The van der Waals surface area contributed by atoms with E-state index in [1.165, 1.54) is 44.1 Å². The second-order valence-electron chi connectivity index (χ2n) is 2.94. The maximum Gasteiger partial charge on any atom is -0.0282 e. The van der Waals surface area contributed by atoms with Gasteiger partial charge in [0.1, 0.15) is 0 Å². The van der Waals surface area contributed by atoms with Crippen molar-refractivity contribution in [2.75, 3.05) is 0 Å². The molecule has 0 bridgehead atoms. The summed E-state index contributed by atoms with van der Waals surface area (Å²) in [6.45, 7) is 3.79. The molecule has 0 saturated carbocycles. The molecule has 0 amide bonds. The second kappa shape index (κ2) is 4.32. The topological polar surface area (TPSA) is 0 Å². The van der Waals surface area contributed by atoms with Crippen LogP contribution in [0.3, 0.4) is 0 Å². The molecule has 0 heteroatoms. The molecule has 1 aliphatic rings. The van der Waals surface area contributed by atoms with Gasteiger partial charge in [0.05, 0.1) is 0 Å². The highest BCUT2D eigenvalue weighted by atomic mass is 14.0. The summed E-state index contributed by atoms with van der Waals surface area (Å²) in [5, 5.41) is 0. The zero-order valence-corrected chi connectivity index (χ0v) is 6.60. The summed E-state index contributed by atoms with van der Waals surface area (Å²) in [5.74, 6) is 0. The van der Waals surface area contributed by atoms with Crippen molar-refractivity contribution in [1.82, 2.24) is 0 Å². The van der Waals surface area contributed by atoms with Crippen LogP contribution in [0.2, 0.25) is 0 Å². The average molecular weight is 136 g/mol. The van der Waals surface area contributed by atoms with Crippen LogP contribution in [0.1, 0.15) is 38.5 Å². The van der Waals surface area contributed by atoms with E-state index in [4.69, 9.17) is 0 Å². The Kier molecular flexibility index (Phi) is 3.28. The number of hydrogen-bond acceptors (Lipinski definition) is 0. The van der Waals surface area contributed by atoms with Crippen molar-refractivity contribution in [2.45, 2.75) is 38.5 Å². The van der Waals surface area contributed by atoms with Gasteiger partial charge < -0.3 is 0 Å². The molecule has 0 aromatic carbocycles. The van der Waals surface area contributed by atoms with Gasteiger partial charge in [-0.15, -0.1) is 0 Å². The van der Waals surface area contributed by atoms with Crippen LogP contribution >= 0.6 is 0 Å². The van der Waals surface area contributed by atoms with Gasteiger partial charge in [0, 0.05) is 0 Å². The van der Waals surface area contributed by atoms with Crippen molar-refractivity contribution in [1.29, 1.82) is 0 Å². The highest BCUT2D eigenvalue weighted by Crippen LogP contribution is 2.16. The molecular formula is C10H16. The summed E-state index contributed by atoms with van der Waals surface area (Å²) in [6.07, 6.45) is 12.4. The van der Waals surface area contributed by atoms with Crippen molar-refractivity contribution in [3.63, 3.8) is 0 Å². The smallest absolute Gasteiger partial charge is 0.0282 e. The van der Waals surface area contributed by atoms with Gasteiger partial charge >= 0.3 is 0 Å². The summed E-state index contributed by atoms with van der Waals surface area (Å²) in [7, 11) is 0. The van der Waals surface area contributed by atoms with Crippen molar-refractivity contribution in [2.24, 2.45) is 0 Å². The van der Waals surface area contributed by atoms with Gasteiger partial charge in [-0.05, 0) is 25.7 Å². The fraction of sp³-hybridized carbons (Fsp3) is 0.600. The highest BCUT2D eigenvalue weighted by Gasteiger charge is 1.97. The third-order valence-electron chi connectivity index (χ3n) is 2.09. The Bertz CT molecular complexity index is 131. The lowest BCUT2D eigenvalue weighted by atomic mass is 10.0. The van der Waals surface area contributed by atoms with Gasteiger partial charge in [-0.25, -0.2) is 0 Å². The van der Waals surface area contributed by atoms with E-state index in [0.717, 1.165) is 0 Å². The summed E-state index contributed by atoms with van der Waals surface area (Å²) >= 11 is 0. The van der Waals surface area contributed by atoms with Crippen LogP contribution in [-0.2, 0) is 0 Å². The Morgan fingerprint density at radius 2 is 2.00 bits per heavy atom. The first-order valence-corrected chi connectivity index (χ1v) is 4.25. The first-order chi connectivity index (χ1) is 4.93. The Hall–Kier alpha value is -0.520. The summed E-state index contributed by atoms with van der Waals surface area (Å²) in [6, 6.07) is 0. The molecule has 0 radical (unpaired) electrons. The van der Waals surface area contributed by atoms with Crippen molar-refractivity contribution in [3.05, 3.63) is 24.3 Å². The Morgan fingerprint density at radius 1 is 1.20 bits per heavy atom. The van der Waals surface area contributed by atoms with Gasteiger partial charge in [0.15, 0.2) is 0 Å². The Labute approximate surface area is 63.6 Å². The van der Waals surface area contributed by atoms with Crippen molar-refractivity contribution in [3.8, 4) is 0 Å². The third kappa shape index (κ3) is 2.38. The summed E-state index contributed by atoms with van der Waals surface area (Å²) in [4.78, 5) is 0. The van der Waals surface area contributed by atoms with Crippen LogP contribution < -0.4 is 0 Å². The second-order valence-corrected chi connectivity index (χ2v) is 2.94. The molecule has 0 aliphatic heterocycles. The normalized spacial score (nSPS) is 25.8. The van der Waals surface area contributed by atoms with E-state index in [0.29, 0.717) is 0 Å². The molecule has 0 unspecified atom stereocenters. The van der Waals surface area contributed by atoms with Gasteiger partial charge in [0.2, 0.25) is 0 Å². The predicted octanol–water partition coefficient (Wildman–Crippen LogP) is 3.45. The fourth-order valence-corrected chi connectivity index (χ4v) is 1.40. The number of hydrogen-bond donors (Lipinski definition) is 0. The predicted molar refractivity (Wildman–Crippen MR) is 46.0 cm³/mol. The van der Waals surface area contributed by atoms with Crippen LogP contribution in [0.5, 0.6) is 0 Å². The minimum atomic E-state index is 1.25. The van der Waals surface area contributed by atoms with E-state index in [1.807, 2.05) is 6.08 Å². The molecular weight excluding hydrogens is 120 g/mol. The van der Waals surface area contributed by atoms with E-state index in [-0.39, 0.29) is 0 Å². The van der Waals surface area contributed by atoms with Crippen molar-refractivity contribution >= 4 is 0 Å². The molecule has 0 aromatic rings. The molecule has 1 rings (SSSR count). The average Bonchev–Trinajstić information content (AvgIpc) is 1.87. The zero-order valence-electron chi connectivity index (χ0n) is 6.60. The largest absolute Gasteiger partial charge is 0.0988 e. The Morgan fingerprint density at radius 3 is 2.80 bits per heavy atom. The third-order valence-corrected chi connectivity index (χ3v) is 2.09. The van der Waals surface area contributed by atoms with Crippen LogP contribution in [0.25, 0.3) is 0 Å². The summed E-state index contributed by atoms with van der Waals surface area (Å²) in [5.41, 5.74) is 1.46. The molecule has 56 valence electrons. The molecule has 0 heterocycles. The minimum Gasteiger partial charge on any atom is -0.0988 e. The van der Waals surface area contributed by atoms with Crippen LogP contribution in [-0.4, -0.2) is 0 Å². The SMILES string of the molecule is C=C/C1=C/CCCCCC1. The molecule has 0 spiro atoms. The maximum absolute atomic E-state index is 3.79. The molecule has 0 atom stereocenters. The van der Waals surface area contributed by atoms with E-state index in [9.17, 15) is 0 Å². The monoisotopic (exact) mass is 136 g/mol. The lowest BCUT2D eigenvalue weighted by molar-refractivity contribution is 0.630. The summed E-state index contributed by atoms with van der Waals surface area (Å²) < 4.78 is 0. The molecule has 0 saturated heterocycles. The molecule has 0 fully saturated rings. The van der Waals surface area contributed by atoms with E-state index in [1.54, 1.807) is 0 Å².